The van der Waals surface area contributed by atoms with Gasteiger partial charge in [-0.15, -0.1) is 0 Å². The highest BCUT2D eigenvalue weighted by Crippen LogP contribution is 2.41. The van der Waals surface area contributed by atoms with Gasteiger partial charge in [-0.1, -0.05) is 0 Å². The molecule has 3 aliphatic heterocycles. The molecule has 0 aliphatic carbocycles. The molecule has 4 rings (SSSR count). The molecule has 2 amide bonds. The van der Waals surface area contributed by atoms with Gasteiger partial charge >= 0.3 is 0 Å². The van der Waals surface area contributed by atoms with E-state index in [4.69, 9.17) is 4.74 Å². The van der Waals surface area contributed by atoms with Gasteiger partial charge in [0.2, 0.25) is 17.2 Å². The van der Waals surface area contributed by atoms with Gasteiger partial charge in [0.05, 0.1) is 13.2 Å². The Labute approximate surface area is 170 Å². The zero-order valence-corrected chi connectivity index (χ0v) is 17.1. The van der Waals surface area contributed by atoms with E-state index < -0.39 is 0 Å². The third kappa shape index (κ3) is 4.03. The highest BCUT2D eigenvalue weighted by molar-refractivity contribution is 5.78. The third-order valence-electron chi connectivity index (χ3n) is 6.68. The summed E-state index contributed by atoms with van der Waals surface area (Å²) in [4.78, 5) is 44.0. The maximum Gasteiger partial charge on any atom is 0.223 e. The van der Waals surface area contributed by atoms with Crippen molar-refractivity contribution in [3.63, 3.8) is 0 Å². The van der Waals surface area contributed by atoms with E-state index in [0.29, 0.717) is 37.1 Å². The molecule has 158 valence electrons. The first-order valence-corrected chi connectivity index (χ1v) is 10.5. The number of pyridine rings is 1. The molecular weight excluding hydrogens is 372 g/mol. The molecule has 4 heterocycles. The molecule has 1 aromatic heterocycles. The van der Waals surface area contributed by atoms with Crippen LogP contribution in [0.3, 0.4) is 0 Å². The number of likely N-dealkylation sites (tertiary alicyclic amines) is 1. The Bertz CT molecular complexity index is 838. The number of aromatic nitrogens is 1. The largest absolute Gasteiger partial charge is 0.491 e. The van der Waals surface area contributed by atoms with Crippen LogP contribution in [0.25, 0.3) is 0 Å². The van der Waals surface area contributed by atoms with Gasteiger partial charge in [0.1, 0.15) is 0 Å². The zero-order chi connectivity index (χ0) is 20.5. The first kappa shape index (κ1) is 19.9. The number of methoxy groups -OCH3 is 1. The van der Waals surface area contributed by atoms with Crippen LogP contribution >= 0.6 is 0 Å². The van der Waals surface area contributed by atoms with Crippen LogP contribution in [0.15, 0.2) is 17.1 Å². The molecule has 2 N–H and O–H groups in total. The molecule has 2 bridgehead atoms. The van der Waals surface area contributed by atoms with Crippen molar-refractivity contribution >= 4 is 11.8 Å². The molecule has 0 saturated carbocycles. The predicted octanol–water partition coefficient (Wildman–Crippen LogP) is 0.721. The van der Waals surface area contributed by atoms with E-state index in [1.165, 1.54) is 14.0 Å². The topological polar surface area (TPSA) is 94.7 Å². The SMILES string of the molecule is COc1c[nH]c(CN2C[C@H]3C[C@@H](C2)[C@H](CNC(C)=O)N2C(=O)CCC[C@@H]32)cc1=O. The van der Waals surface area contributed by atoms with Crippen LogP contribution in [0.5, 0.6) is 5.75 Å². The summed E-state index contributed by atoms with van der Waals surface area (Å²) >= 11 is 0. The molecule has 3 fully saturated rings. The maximum atomic E-state index is 12.7. The average molecular weight is 402 g/mol. The number of fused-ring (bicyclic) bond motifs is 4. The summed E-state index contributed by atoms with van der Waals surface area (Å²) in [5.74, 6) is 1.26. The van der Waals surface area contributed by atoms with Gasteiger partial charge < -0.3 is 19.9 Å². The Kier molecular flexibility index (Phi) is 5.63. The monoisotopic (exact) mass is 402 g/mol. The van der Waals surface area contributed by atoms with Crippen molar-refractivity contribution in [2.45, 2.75) is 51.2 Å². The quantitative estimate of drug-likeness (QED) is 0.757. The van der Waals surface area contributed by atoms with Gasteiger partial charge in [-0.25, -0.2) is 0 Å². The van der Waals surface area contributed by atoms with Crippen molar-refractivity contribution in [2.75, 3.05) is 26.7 Å². The Morgan fingerprint density at radius 2 is 2.10 bits per heavy atom. The first-order chi connectivity index (χ1) is 14.0. The number of nitrogens with zero attached hydrogens (tertiary/aromatic N) is 2. The standard InChI is InChI=1S/C21H30N4O4/c1-13(26)22-8-18-15-6-14(17-4-3-5-21(28)25(17)18)10-24(11-15)12-16-7-19(27)20(29-2)9-23-16/h7,9,14-15,17-18H,3-6,8,10-12H2,1-2H3,(H,22,26)(H,23,27)/t14-,15+,17+,18+/m1/s1. The van der Waals surface area contributed by atoms with Gasteiger partial charge in [0.25, 0.3) is 0 Å². The van der Waals surface area contributed by atoms with Crippen LogP contribution in [-0.4, -0.2) is 65.4 Å². The van der Waals surface area contributed by atoms with Crippen molar-refractivity contribution < 1.29 is 14.3 Å². The lowest BCUT2D eigenvalue weighted by Crippen LogP contribution is -2.66. The Morgan fingerprint density at radius 1 is 1.31 bits per heavy atom. The number of ether oxygens (including phenoxy) is 1. The van der Waals surface area contributed by atoms with Gasteiger partial charge in [0.15, 0.2) is 5.75 Å². The lowest BCUT2D eigenvalue weighted by atomic mass is 9.72. The summed E-state index contributed by atoms with van der Waals surface area (Å²) in [5, 5.41) is 2.94. The second kappa shape index (κ2) is 8.18. The minimum Gasteiger partial charge on any atom is -0.491 e. The number of carbonyl (C=O) groups excluding carboxylic acids is 2. The van der Waals surface area contributed by atoms with E-state index in [0.717, 1.165) is 38.0 Å². The van der Waals surface area contributed by atoms with Crippen molar-refractivity contribution in [1.29, 1.82) is 0 Å². The van der Waals surface area contributed by atoms with Crippen molar-refractivity contribution in [1.82, 2.24) is 20.1 Å². The van der Waals surface area contributed by atoms with Gasteiger partial charge in [-0.05, 0) is 31.1 Å². The lowest BCUT2D eigenvalue weighted by molar-refractivity contribution is -0.153. The number of nitrogens with one attached hydrogen (secondary N) is 2. The Morgan fingerprint density at radius 3 is 2.83 bits per heavy atom. The van der Waals surface area contributed by atoms with E-state index in [-0.39, 0.29) is 29.3 Å². The number of H-pyrrole nitrogens is 1. The van der Waals surface area contributed by atoms with E-state index in [1.807, 2.05) is 0 Å². The molecule has 0 unspecified atom stereocenters. The van der Waals surface area contributed by atoms with E-state index >= 15 is 0 Å². The molecule has 8 nitrogen and oxygen atoms in total. The fourth-order valence-electron chi connectivity index (χ4n) is 5.50. The minimum absolute atomic E-state index is 0.0469. The number of amides is 2. The Hall–Kier alpha value is -2.35. The number of hydrogen-bond donors (Lipinski definition) is 2. The average Bonchev–Trinajstić information content (AvgIpc) is 2.68. The summed E-state index contributed by atoms with van der Waals surface area (Å²) in [7, 11) is 1.49. The molecular formula is C21H30N4O4. The lowest BCUT2D eigenvalue weighted by Gasteiger charge is -2.56. The molecule has 0 aromatic carbocycles. The molecule has 8 heteroatoms. The third-order valence-corrected chi connectivity index (χ3v) is 6.68. The first-order valence-electron chi connectivity index (χ1n) is 10.5. The molecule has 3 aliphatic rings. The van der Waals surface area contributed by atoms with Crippen molar-refractivity contribution in [3.8, 4) is 5.75 Å². The van der Waals surface area contributed by atoms with Gasteiger partial charge in [-0.2, -0.15) is 0 Å². The highest BCUT2D eigenvalue weighted by atomic mass is 16.5. The normalized spacial score (nSPS) is 29.3. The second-order valence-electron chi connectivity index (χ2n) is 8.61. The number of carbonyl (C=O) groups is 2. The number of aromatic amines is 1. The zero-order valence-electron chi connectivity index (χ0n) is 17.1. The molecule has 3 saturated heterocycles. The van der Waals surface area contributed by atoms with Crippen LogP contribution in [0, 0.1) is 11.8 Å². The van der Waals surface area contributed by atoms with Crippen LogP contribution in [0.4, 0.5) is 0 Å². The van der Waals surface area contributed by atoms with Gasteiger partial charge in [0, 0.05) is 63.5 Å². The molecule has 1 aromatic rings. The van der Waals surface area contributed by atoms with Gasteiger partial charge in [-0.3, -0.25) is 19.3 Å². The summed E-state index contributed by atoms with van der Waals surface area (Å²) in [6.07, 6.45) is 5.30. The molecule has 0 radical (unpaired) electrons. The summed E-state index contributed by atoms with van der Waals surface area (Å²) in [6.45, 7) is 4.48. The molecule has 0 spiro atoms. The summed E-state index contributed by atoms with van der Waals surface area (Å²) in [6, 6.07) is 1.91. The number of piperidine rings is 3. The van der Waals surface area contributed by atoms with Crippen molar-refractivity contribution in [3.05, 3.63) is 28.2 Å². The highest BCUT2D eigenvalue weighted by Gasteiger charge is 2.49. The number of rotatable bonds is 5. The van der Waals surface area contributed by atoms with Crippen molar-refractivity contribution in [2.24, 2.45) is 11.8 Å². The van der Waals surface area contributed by atoms with E-state index in [1.54, 1.807) is 12.3 Å². The maximum absolute atomic E-state index is 12.7. The Balaban J connectivity index is 1.53. The smallest absolute Gasteiger partial charge is 0.223 e. The predicted molar refractivity (Wildman–Crippen MR) is 107 cm³/mol. The fraction of sp³-hybridized carbons (Fsp3) is 0.667. The van der Waals surface area contributed by atoms with Crippen LogP contribution < -0.4 is 15.5 Å². The fourth-order valence-corrected chi connectivity index (χ4v) is 5.50. The minimum atomic E-state index is -0.119. The second-order valence-corrected chi connectivity index (χ2v) is 8.61. The number of hydrogen-bond acceptors (Lipinski definition) is 5. The summed E-state index contributed by atoms with van der Waals surface area (Å²) < 4.78 is 5.05. The molecule has 29 heavy (non-hydrogen) atoms. The van der Waals surface area contributed by atoms with E-state index in [2.05, 4.69) is 20.1 Å². The van der Waals surface area contributed by atoms with Crippen LogP contribution in [0.1, 0.15) is 38.3 Å². The summed E-state index contributed by atoms with van der Waals surface area (Å²) in [5.41, 5.74) is 0.747. The van der Waals surface area contributed by atoms with Crippen LogP contribution in [-0.2, 0) is 16.1 Å². The van der Waals surface area contributed by atoms with E-state index in [9.17, 15) is 14.4 Å². The van der Waals surface area contributed by atoms with Crippen LogP contribution in [0.2, 0.25) is 0 Å². The molecule has 4 atom stereocenters.